The monoisotopic (exact) mass is 315 g/mol. The third-order valence-electron chi connectivity index (χ3n) is 3.17. The van der Waals surface area contributed by atoms with Crippen LogP contribution in [-0.4, -0.2) is 50.3 Å². The predicted octanol–water partition coefficient (Wildman–Crippen LogP) is -0.175. The molecule has 0 radical (unpaired) electrons. The van der Waals surface area contributed by atoms with Crippen LogP contribution in [0.15, 0.2) is 18.2 Å². The van der Waals surface area contributed by atoms with Crippen LogP contribution in [-0.2, 0) is 21.1 Å². The predicted molar refractivity (Wildman–Crippen MR) is 75.4 cm³/mol. The molecule has 1 aliphatic rings. The van der Waals surface area contributed by atoms with Crippen molar-refractivity contribution in [2.45, 2.75) is 18.6 Å². The molecule has 0 saturated carbocycles. The van der Waals surface area contributed by atoms with E-state index in [0.717, 1.165) is 0 Å². The van der Waals surface area contributed by atoms with Crippen LogP contribution in [0.4, 0.5) is 0 Å². The first kappa shape index (κ1) is 15.6. The lowest BCUT2D eigenvalue weighted by atomic mass is 10.1. The van der Waals surface area contributed by atoms with E-state index in [9.17, 15) is 13.2 Å². The van der Waals surface area contributed by atoms with Crippen molar-refractivity contribution in [1.29, 1.82) is 0 Å². The van der Waals surface area contributed by atoms with Crippen LogP contribution in [0, 0.1) is 0 Å². The van der Waals surface area contributed by atoms with Gasteiger partial charge in [0.15, 0.2) is 21.3 Å². The molecular formula is C13H17NO6S. The number of methoxy groups -OCH3 is 1. The molecule has 7 nitrogen and oxygen atoms in total. The highest BCUT2D eigenvalue weighted by molar-refractivity contribution is 7.92. The SMILES string of the molecule is COc1ccc(CC(N)C(=O)O)cc1OC1CS(=O)(=O)C1. The van der Waals surface area contributed by atoms with Crippen molar-refractivity contribution < 1.29 is 27.8 Å². The molecule has 116 valence electrons. The zero-order chi connectivity index (χ0) is 15.6. The molecule has 1 atom stereocenters. The van der Waals surface area contributed by atoms with Crippen molar-refractivity contribution >= 4 is 15.8 Å². The summed E-state index contributed by atoms with van der Waals surface area (Å²) in [7, 11) is -1.50. The van der Waals surface area contributed by atoms with E-state index in [2.05, 4.69) is 0 Å². The lowest BCUT2D eigenvalue weighted by Crippen LogP contribution is -2.45. The molecular weight excluding hydrogens is 298 g/mol. The fourth-order valence-electron chi connectivity index (χ4n) is 2.05. The number of hydrogen-bond donors (Lipinski definition) is 2. The number of sulfone groups is 1. The van der Waals surface area contributed by atoms with Gasteiger partial charge in [0, 0.05) is 0 Å². The number of ether oxygens (including phenoxy) is 2. The molecule has 1 heterocycles. The highest BCUT2D eigenvalue weighted by Gasteiger charge is 2.35. The Kier molecular flexibility index (Phi) is 4.38. The molecule has 21 heavy (non-hydrogen) atoms. The van der Waals surface area contributed by atoms with Crippen LogP contribution in [0.25, 0.3) is 0 Å². The summed E-state index contributed by atoms with van der Waals surface area (Å²) in [6.07, 6.45) is -0.245. The summed E-state index contributed by atoms with van der Waals surface area (Å²) in [4.78, 5) is 10.8. The van der Waals surface area contributed by atoms with Gasteiger partial charge in [0.1, 0.15) is 12.1 Å². The summed E-state index contributed by atoms with van der Waals surface area (Å²) >= 11 is 0. The largest absolute Gasteiger partial charge is 0.493 e. The second kappa shape index (κ2) is 5.90. The summed E-state index contributed by atoms with van der Waals surface area (Å²) in [6.45, 7) is 0. The maximum Gasteiger partial charge on any atom is 0.320 e. The first-order chi connectivity index (χ1) is 9.80. The van der Waals surface area contributed by atoms with Gasteiger partial charge in [-0.1, -0.05) is 6.07 Å². The van der Waals surface area contributed by atoms with Crippen LogP contribution < -0.4 is 15.2 Å². The first-order valence-electron chi connectivity index (χ1n) is 6.33. The number of carbonyl (C=O) groups is 1. The van der Waals surface area contributed by atoms with Gasteiger partial charge < -0.3 is 20.3 Å². The highest BCUT2D eigenvalue weighted by atomic mass is 32.2. The van der Waals surface area contributed by atoms with Crippen molar-refractivity contribution in [3.8, 4) is 11.5 Å². The Bertz CT molecular complexity index is 630. The quantitative estimate of drug-likeness (QED) is 0.748. The third-order valence-corrected chi connectivity index (χ3v) is 4.93. The van der Waals surface area contributed by atoms with Crippen LogP contribution in [0.2, 0.25) is 0 Å². The van der Waals surface area contributed by atoms with Gasteiger partial charge in [0.2, 0.25) is 0 Å². The lowest BCUT2D eigenvalue weighted by Gasteiger charge is -2.27. The minimum Gasteiger partial charge on any atom is -0.493 e. The molecule has 1 aliphatic heterocycles. The van der Waals surface area contributed by atoms with Crippen LogP contribution in [0.5, 0.6) is 11.5 Å². The zero-order valence-electron chi connectivity index (χ0n) is 11.5. The minimum absolute atomic E-state index is 0.0188. The topological polar surface area (TPSA) is 116 Å². The maximum atomic E-state index is 11.1. The Morgan fingerprint density at radius 1 is 1.43 bits per heavy atom. The van der Waals surface area contributed by atoms with Crippen molar-refractivity contribution in [3.05, 3.63) is 23.8 Å². The molecule has 8 heteroatoms. The standard InChI is InChI=1S/C13H17NO6S/c1-19-11-3-2-8(4-10(14)13(15)16)5-12(11)20-9-6-21(17,18)7-9/h2-3,5,9-10H,4,6-7,14H2,1H3,(H,15,16). The van der Waals surface area contributed by atoms with E-state index >= 15 is 0 Å². The van der Waals surface area contributed by atoms with Crippen LogP contribution in [0.3, 0.4) is 0 Å². The second-order valence-electron chi connectivity index (χ2n) is 4.95. The van der Waals surface area contributed by atoms with E-state index in [1.165, 1.54) is 7.11 Å². The molecule has 1 fully saturated rings. The van der Waals surface area contributed by atoms with Crippen molar-refractivity contribution in [2.24, 2.45) is 5.73 Å². The molecule has 1 unspecified atom stereocenters. The van der Waals surface area contributed by atoms with E-state index in [0.29, 0.717) is 17.1 Å². The Hall–Kier alpha value is -1.80. The fourth-order valence-corrected chi connectivity index (χ4v) is 3.22. The number of aliphatic carboxylic acids is 1. The van der Waals surface area contributed by atoms with Gasteiger partial charge in [0.25, 0.3) is 0 Å². The molecule has 0 amide bonds. The van der Waals surface area contributed by atoms with Gasteiger partial charge in [-0.25, -0.2) is 8.42 Å². The molecule has 1 saturated heterocycles. The van der Waals surface area contributed by atoms with Crippen molar-refractivity contribution in [3.63, 3.8) is 0 Å². The fraction of sp³-hybridized carbons (Fsp3) is 0.462. The number of nitrogens with two attached hydrogens (primary N) is 1. The smallest absolute Gasteiger partial charge is 0.320 e. The molecule has 0 spiro atoms. The van der Waals surface area contributed by atoms with E-state index in [1.54, 1.807) is 18.2 Å². The first-order valence-corrected chi connectivity index (χ1v) is 8.15. The van der Waals surface area contributed by atoms with Gasteiger partial charge in [-0.05, 0) is 24.1 Å². The zero-order valence-corrected chi connectivity index (χ0v) is 12.3. The number of carboxylic acid groups (broad SMARTS) is 1. The molecule has 0 bridgehead atoms. The Morgan fingerprint density at radius 2 is 2.10 bits per heavy atom. The minimum atomic E-state index is -2.97. The summed E-state index contributed by atoms with van der Waals surface area (Å²) < 4.78 is 33.0. The van der Waals surface area contributed by atoms with Crippen LogP contribution in [0.1, 0.15) is 5.56 Å². The summed E-state index contributed by atoms with van der Waals surface area (Å²) in [6, 6.07) is 3.97. The molecule has 0 aromatic heterocycles. The second-order valence-corrected chi connectivity index (χ2v) is 7.10. The number of rotatable bonds is 6. The number of hydrogen-bond acceptors (Lipinski definition) is 6. The number of carboxylic acids is 1. The number of benzene rings is 1. The van der Waals surface area contributed by atoms with E-state index in [4.69, 9.17) is 20.3 Å². The molecule has 2 rings (SSSR count). The van der Waals surface area contributed by atoms with E-state index in [-0.39, 0.29) is 17.9 Å². The van der Waals surface area contributed by atoms with Crippen molar-refractivity contribution in [1.82, 2.24) is 0 Å². The third kappa shape index (κ3) is 3.85. The summed E-state index contributed by atoms with van der Waals surface area (Å²) in [5.41, 5.74) is 6.18. The van der Waals surface area contributed by atoms with Gasteiger partial charge in [-0.3, -0.25) is 4.79 Å². The average Bonchev–Trinajstić information content (AvgIpc) is 2.36. The van der Waals surface area contributed by atoms with Gasteiger partial charge >= 0.3 is 5.97 Å². The molecule has 1 aromatic rings. The Morgan fingerprint density at radius 3 is 2.62 bits per heavy atom. The van der Waals surface area contributed by atoms with Crippen molar-refractivity contribution in [2.75, 3.05) is 18.6 Å². The summed E-state index contributed by atoms with van der Waals surface area (Å²) in [5, 5.41) is 8.82. The Labute approximate surface area is 122 Å². The average molecular weight is 315 g/mol. The van der Waals surface area contributed by atoms with Gasteiger partial charge in [0.05, 0.1) is 18.6 Å². The van der Waals surface area contributed by atoms with Gasteiger partial charge in [-0.2, -0.15) is 0 Å². The van der Waals surface area contributed by atoms with E-state index in [1.807, 2.05) is 0 Å². The summed E-state index contributed by atoms with van der Waals surface area (Å²) in [5.74, 6) is -0.262. The Balaban J connectivity index is 2.12. The molecule has 1 aromatic carbocycles. The maximum absolute atomic E-state index is 11.1. The van der Waals surface area contributed by atoms with E-state index < -0.39 is 28.0 Å². The normalized spacial score (nSPS) is 18.6. The lowest BCUT2D eigenvalue weighted by molar-refractivity contribution is -0.138. The molecule has 3 N–H and O–H groups in total. The highest BCUT2D eigenvalue weighted by Crippen LogP contribution is 2.31. The molecule has 0 aliphatic carbocycles. The van der Waals surface area contributed by atoms with Crippen LogP contribution >= 0.6 is 0 Å². The van der Waals surface area contributed by atoms with Gasteiger partial charge in [-0.15, -0.1) is 0 Å².